The first-order valence-corrected chi connectivity index (χ1v) is 12.8. The zero-order valence-electron chi connectivity index (χ0n) is 19.5. The molecule has 0 saturated carbocycles. The summed E-state index contributed by atoms with van der Waals surface area (Å²) in [7, 11) is 0. The fraction of sp³-hybridized carbons (Fsp3) is 0.545. The lowest BCUT2D eigenvalue weighted by Crippen LogP contribution is -2.59. The number of hydrogen-bond acceptors (Lipinski definition) is 8. The van der Waals surface area contributed by atoms with E-state index in [0.29, 0.717) is 11.3 Å². The number of carboxylic acids is 1. The number of nitrogens with two attached hydrogens (primary N) is 1. The number of amides is 3. The molecule has 4 unspecified atom stereocenters. The Morgan fingerprint density at radius 1 is 1.00 bits per heavy atom. The van der Waals surface area contributed by atoms with E-state index in [-0.39, 0.29) is 30.3 Å². The van der Waals surface area contributed by atoms with E-state index in [1.54, 1.807) is 26.0 Å². The monoisotopic (exact) mass is 514 g/mol. The van der Waals surface area contributed by atoms with Gasteiger partial charge in [-0.1, -0.05) is 26.0 Å². The normalized spacial score (nSPS) is 14.5. The van der Waals surface area contributed by atoms with E-state index in [4.69, 9.17) is 5.73 Å². The van der Waals surface area contributed by atoms with Crippen molar-refractivity contribution < 1.29 is 29.4 Å². The molecule has 0 aliphatic heterocycles. The third-order valence-electron chi connectivity index (χ3n) is 5.01. The van der Waals surface area contributed by atoms with Crippen LogP contribution in [0.25, 0.3) is 0 Å². The number of hydrogen-bond donors (Lipinski definition) is 7. The number of phenolic OH excluding ortho intramolecular Hbond substituents is 1. The summed E-state index contributed by atoms with van der Waals surface area (Å²) in [6, 6.07) is 1.97. The van der Waals surface area contributed by atoms with Crippen molar-refractivity contribution in [2.24, 2.45) is 11.7 Å². The van der Waals surface area contributed by atoms with Crippen molar-refractivity contribution in [3.63, 3.8) is 0 Å². The maximum atomic E-state index is 13.1. The summed E-state index contributed by atoms with van der Waals surface area (Å²) >= 11 is 5.44. The van der Waals surface area contributed by atoms with Gasteiger partial charge in [0, 0.05) is 12.2 Å². The standard InChI is InChI=1S/C22H34N4O6S2/c1-12(2)18(26-19(28)15(23)11-33)21(30)25-17(10-13-4-6-14(27)7-5-13)20(29)24-16(22(31)32)8-9-34-3/h4-7,12,15-18,27,33H,8-11,23H2,1-3H3,(H,24,29)(H,25,30)(H,26,28)(H,31,32). The van der Waals surface area contributed by atoms with Crippen LogP contribution in [0.15, 0.2) is 24.3 Å². The Morgan fingerprint density at radius 2 is 1.59 bits per heavy atom. The highest BCUT2D eigenvalue weighted by molar-refractivity contribution is 7.98. The summed E-state index contributed by atoms with van der Waals surface area (Å²) in [5.41, 5.74) is 6.33. The molecule has 34 heavy (non-hydrogen) atoms. The molecular formula is C22H34N4O6S2. The quantitative estimate of drug-likeness (QED) is 0.172. The third kappa shape index (κ3) is 9.82. The number of thioether (sulfide) groups is 1. The summed E-state index contributed by atoms with van der Waals surface area (Å²) in [6.45, 7) is 3.46. The summed E-state index contributed by atoms with van der Waals surface area (Å²) in [6.07, 6.45) is 2.09. The van der Waals surface area contributed by atoms with Gasteiger partial charge >= 0.3 is 5.97 Å². The zero-order chi connectivity index (χ0) is 25.8. The molecule has 0 saturated heterocycles. The summed E-state index contributed by atoms with van der Waals surface area (Å²) in [4.78, 5) is 49.9. The summed E-state index contributed by atoms with van der Waals surface area (Å²) in [5.74, 6) is -2.66. The smallest absolute Gasteiger partial charge is 0.326 e. The Balaban J connectivity index is 3.11. The molecule has 0 aliphatic rings. The number of benzene rings is 1. The van der Waals surface area contributed by atoms with E-state index >= 15 is 0 Å². The largest absolute Gasteiger partial charge is 0.508 e. The van der Waals surface area contributed by atoms with Crippen molar-refractivity contribution in [3.8, 4) is 5.75 Å². The molecule has 7 N–H and O–H groups in total. The molecular weight excluding hydrogens is 480 g/mol. The van der Waals surface area contributed by atoms with Gasteiger partial charge in [0.2, 0.25) is 17.7 Å². The number of carboxylic acid groups (broad SMARTS) is 1. The average Bonchev–Trinajstić information content (AvgIpc) is 2.79. The lowest BCUT2D eigenvalue weighted by molar-refractivity contribution is -0.142. The molecule has 0 bridgehead atoms. The molecule has 0 aliphatic carbocycles. The summed E-state index contributed by atoms with van der Waals surface area (Å²) in [5, 5.41) is 26.7. The Bertz CT molecular complexity index is 837. The maximum Gasteiger partial charge on any atom is 0.326 e. The van der Waals surface area contributed by atoms with Crippen LogP contribution in [0, 0.1) is 5.92 Å². The fourth-order valence-corrected chi connectivity index (χ4v) is 3.62. The number of carbonyl (C=O) groups is 4. The Labute approximate surface area is 209 Å². The lowest BCUT2D eigenvalue weighted by atomic mass is 10.0. The molecule has 0 spiro atoms. The van der Waals surface area contributed by atoms with Gasteiger partial charge in [-0.25, -0.2) is 4.79 Å². The molecule has 3 amide bonds. The molecule has 1 rings (SSSR count). The van der Waals surface area contributed by atoms with Crippen molar-refractivity contribution in [1.82, 2.24) is 16.0 Å². The van der Waals surface area contributed by atoms with Gasteiger partial charge in [0.1, 0.15) is 23.9 Å². The highest BCUT2D eigenvalue weighted by Crippen LogP contribution is 2.13. The van der Waals surface area contributed by atoms with E-state index in [0.717, 1.165) is 0 Å². The van der Waals surface area contributed by atoms with E-state index in [1.165, 1.54) is 23.9 Å². The molecule has 4 atom stereocenters. The van der Waals surface area contributed by atoms with Crippen LogP contribution >= 0.6 is 24.4 Å². The van der Waals surface area contributed by atoms with E-state index in [1.807, 2.05) is 6.26 Å². The predicted molar refractivity (Wildman–Crippen MR) is 135 cm³/mol. The lowest BCUT2D eigenvalue weighted by Gasteiger charge is -2.27. The molecule has 0 aromatic heterocycles. The Hall–Kier alpha value is -2.44. The molecule has 0 fully saturated rings. The van der Waals surface area contributed by atoms with Crippen molar-refractivity contribution in [2.45, 2.75) is 50.9 Å². The molecule has 0 heterocycles. The number of phenols is 1. The van der Waals surface area contributed by atoms with Crippen molar-refractivity contribution in [2.75, 3.05) is 17.8 Å². The average molecular weight is 515 g/mol. The molecule has 1 aromatic carbocycles. The highest BCUT2D eigenvalue weighted by Gasteiger charge is 2.31. The second-order valence-corrected chi connectivity index (χ2v) is 9.48. The van der Waals surface area contributed by atoms with Crippen molar-refractivity contribution >= 4 is 48.1 Å². The number of aromatic hydroxyl groups is 1. The van der Waals surface area contributed by atoms with Crippen LogP contribution < -0.4 is 21.7 Å². The van der Waals surface area contributed by atoms with Gasteiger partial charge < -0.3 is 31.9 Å². The van der Waals surface area contributed by atoms with Crippen LogP contribution in [0.4, 0.5) is 0 Å². The molecule has 1 aromatic rings. The van der Waals surface area contributed by atoms with Gasteiger partial charge in [-0.3, -0.25) is 14.4 Å². The van der Waals surface area contributed by atoms with Gasteiger partial charge in [0.25, 0.3) is 0 Å². The van der Waals surface area contributed by atoms with Gasteiger partial charge in [-0.2, -0.15) is 24.4 Å². The number of thiol groups is 1. The minimum atomic E-state index is -1.18. The number of rotatable bonds is 14. The number of aliphatic carboxylic acids is 1. The molecule has 10 nitrogen and oxygen atoms in total. The Kier molecular flexibility index (Phi) is 12.8. The van der Waals surface area contributed by atoms with E-state index in [2.05, 4.69) is 28.6 Å². The first kappa shape index (κ1) is 29.6. The van der Waals surface area contributed by atoms with Crippen LogP contribution in [0.5, 0.6) is 5.75 Å². The SMILES string of the molecule is CSCCC(NC(=O)C(Cc1ccc(O)cc1)NC(=O)C(NC(=O)C(N)CS)C(C)C)C(=O)O. The number of carbonyl (C=O) groups excluding carboxylic acids is 3. The number of nitrogens with one attached hydrogen (secondary N) is 3. The predicted octanol–water partition coefficient (Wildman–Crippen LogP) is 0.140. The Morgan fingerprint density at radius 3 is 2.09 bits per heavy atom. The van der Waals surface area contributed by atoms with E-state index < -0.39 is 47.9 Å². The van der Waals surface area contributed by atoms with Gasteiger partial charge in [0.15, 0.2) is 0 Å². The van der Waals surface area contributed by atoms with Gasteiger partial charge in [0.05, 0.1) is 6.04 Å². The van der Waals surface area contributed by atoms with Crippen LogP contribution in [0.3, 0.4) is 0 Å². The summed E-state index contributed by atoms with van der Waals surface area (Å²) < 4.78 is 0. The minimum Gasteiger partial charge on any atom is -0.508 e. The topological polar surface area (TPSA) is 171 Å². The second-order valence-electron chi connectivity index (χ2n) is 8.13. The van der Waals surface area contributed by atoms with Crippen molar-refractivity contribution in [1.29, 1.82) is 0 Å². The maximum absolute atomic E-state index is 13.1. The van der Waals surface area contributed by atoms with Crippen LogP contribution in [0.1, 0.15) is 25.8 Å². The van der Waals surface area contributed by atoms with E-state index in [9.17, 15) is 29.4 Å². The van der Waals surface area contributed by atoms with Crippen LogP contribution in [-0.2, 0) is 25.6 Å². The molecule has 0 radical (unpaired) electrons. The first-order valence-electron chi connectivity index (χ1n) is 10.8. The first-order chi connectivity index (χ1) is 16.0. The van der Waals surface area contributed by atoms with Crippen molar-refractivity contribution in [3.05, 3.63) is 29.8 Å². The zero-order valence-corrected chi connectivity index (χ0v) is 21.2. The van der Waals surface area contributed by atoms with Crippen LogP contribution in [0.2, 0.25) is 0 Å². The van der Waals surface area contributed by atoms with Gasteiger partial charge in [-0.15, -0.1) is 0 Å². The third-order valence-corrected chi connectivity index (χ3v) is 6.05. The molecule has 190 valence electrons. The minimum absolute atomic E-state index is 0.0416. The van der Waals surface area contributed by atoms with Gasteiger partial charge in [-0.05, 0) is 42.0 Å². The fourth-order valence-electron chi connectivity index (χ4n) is 2.98. The highest BCUT2D eigenvalue weighted by atomic mass is 32.2. The molecule has 12 heteroatoms. The second kappa shape index (κ2) is 14.7. The van der Waals surface area contributed by atoms with Crippen LogP contribution in [-0.4, -0.2) is 75.8 Å².